The van der Waals surface area contributed by atoms with Crippen LogP contribution in [0.3, 0.4) is 0 Å². The first-order valence-electron chi connectivity index (χ1n) is 7.97. The van der Waals surface area contributed by atoms with Crippen LogP contribution in [0.2, 0.25) is 0 Å². The van der Waals surface area contributed by atoms with Gasteiger partial charge in [0, 0.05) is 23.9 Å². The molecular weight excluding hydrogens is 356 g/mol. The summed E-state index contributed by atoms with van der Waals surface area (Å²) < 4.78 is 5.03. The number of carbonyl (C=O) groups excluding carboxylic acids is 2. The lowest BCUT2D eigenvalue weighted by molar-refractivity contribution is -0.142. The summed E-state index contributed by atoms with van der Waals surface area (Å²) in [4.78, 5) is 35.2. The van der Waals surface area contributed by atoms with E-state index in [0.29, 0.717) is 29.8 Å². The van der Waals surface area contributed by atoms with Crippen molar-refractivity contribution in [2.75, 3.05) is 13.7 Å². The molecule has 0 saturated carbocycles. The third-order valence-electron chi connectivity index (χ3n) is 3.65. The van der Waals surface area contributed by atoms with E-state index in [1.54, 1.807) is 35.7 Å². The number of nitrogens with one attached hydrogen (secondary N) is 2. The van der Waals surface area contributed by atoms with Crippen LogP contribution in [0.1, 0.15) is 34.8 Å². The van der Waals surface area contributed by atoms with Crippen LogP contribution in [0, 0.1) is 0 Å². The van der Waals surface area contributed by atoms with E-state index in [4.69, 9.17) is 4.74 Å². The number of hydrogen-bond donors (Lipinski definition) is 3. The van der Waals surface area contributed by atoms with Crippen molar-refractivity contribution < 1.29 is 24.2 Å². The zero-order chi connectivity index (χ0) is 18.9. The fourth-order valence-electron chi connectivity index (χ4n) is 2.26. The van der Waals surface area contributed by atoms with Gasteiger partial charge in [-0.3, -0.25) is 9.59 Å². The third-order valence-corrected chi connectivity index (χ3v) is 4.33. The average Bonchev–Trinajstić information content (AvgIpc) is 3.18. The van der Waals surface area contributed by atoms with Gasteiger partial charge in [-0.2, -0.15) is 11.3 Å². The molecule has 0 saturated heterocycles. The lowest BCUT2D eigenvalue weighted by Crippen LogP contribution is -2.34. The van der Waals surface area contributed by atoms with E-state index in [1.807, 2.05) is 5.38 Å². The Hall–Kier alpha value is -2.87. The summed E-state index contributed by atoms with van der Waals surface area (Å²) in [5.74, 6) is -1.12. The Morgan fingerprint density at radius 3 is 2.50 bits per heavy atom. The van der Waals surface area contributed by atoms with E-state index in [0.717, 1.165) is 0 Å². The van der Waals surface area contributed by atoms with E-state index in [9.17, 15) is 19.5 Å². The highest BCUT2D eigenvalue weighted by Gasteiger charge is 2.21. The van der Waals surface area contributed by atoms with Crippen molar-refractivity contribution in [3.63, 3.8) is 0 Å². The first-order chi connectivity index (χ1) is 12.5. The lowest BCUT2D eigenvalue weighted by atomic mass is 10.1. The molecule has 26 heavy (non-hydrogen) atoms. The molecule has 1 aromatic carbocycles. The Balaban J connectivity index is 1.80. The summed E-state index contributed by atoms with van der Waals surface area (Å²) in [6, 6.07) is 7.06. The monoisotopic (exact) mass is 376 g/mol. The summed E-state index contributed by atoms with van der Waals surface area (Å²) >= 11 is 1.43. The van der Waals surface area contributed by atoms with Crippen molar-refractivity contribution in [1.82, 2.24) is 10.6 Å². The molecule has 1 atom stereocenters. The molecule has 7 nitrogen and oxygen atoms in total. The van der Waals surface area contributed by atoms with Gasteiger partial charge in [0.2, 0.25) is 5.91 Å². The van der Waals surface area contributed by atoms with Crippen molar-refractivity contribution in [3.05, 3.63) is 52.2 Å². The number of methoxy groups -OCH3 is 1. The molecule has 0 aliphatic rings. The number of carboxylic acid groups (broad SMARTS) is 1. The molecule has 2 rings (SSSR count). The highest BCUT2D eigenvalue weighted by molar-refractivity contribution is 7.08. The first kappa shape index (κ1) is 19.5. The van der Waals surface area contributed by atoms with Crippen LogP contribution in [0.5, 0.6) is 5.75 Å². The van der Waals surface area contributed by atoms with E-state index in [1.165, 1.54) is 18.4 Å². The summed E-state index contributed by atoms with van der Waals surface area (Å²) in [6.45, 7) is 0.336. The van der Waals surface area contributed by atoms with Gasteiger partial charge in [0.05, 0.1) is 7.11 Å². The first-order valence-corrected chi connectivity index (χ1v) is 8.92. The molecule has 2 amide bonds. The third kappa shape index (κ3) is 5.59. The molecule has 0 aliphatic carbocycles. The molecule has 1 unspecified atom stereocenters. The predicted molar refractivity (Wildman–Crippen MR) is 97.4 cm³/mol. The molecule has 8 heteroatoms. The molecule has 0 radical (unpaired) electrons. The van der Waals surface area contributed by atoms with Crippen molar-refractivity contribution in [3.8, 4) is 5.75 Å². The largest absolute Gasteiger partial charge is 0.497 e. The normalized spacial score (nSPS) is 11.4. The minimum atomic E-state index is -1.14. The van der Waals surface area contributed by atoms with Crippen molar-refractivity contribution >= 4 is 29.1 Å². The van der Waals surface area contributed by atoms with E-state index >= 15 is 0 Å². The van der Waals surface area contributed by atoms with Gasteiger partial charge in [-0.1, -0.05) is 12.1 Å². The second-order valence-corrected chi connectivity index (χ2v) is 6.26. The maximum atomic E-state index is 12.0. The van der Waals surface area contributed by atoms with Gasteiger partial charge in [-0.25, -0.2) is 4.79 Å². The van der Waals surface area contributed by atoms with Gasteiger partial charge in [0.25, 0.3) is 5.91 Å². The number of thiophene rings is 1. The molecule has 0 bridgehead atoms. The minimum absolute atomic E-state index is 0.115. The number of aliphatic carboxylic acids is 1. The van der Waals surface area contributed by atoms with Gasteiger partial charge < -0.3 is 20.5 Å². The van der Waals surface area contributed by atoms with Crippen LogP contribution >= 0.6 is 11.3 Å². The Labute approximate surface area is 155 Å². The fourth-order valence-corrected chi connectivity index (χ4v) is 2.90. The van der Waals surface area contributed by atoms with Crippen LogP contribution in [0.15, 0.2) is 41.1 Å². The summed E-state index contributed by atoms with van der Waals surface area (Å²) in [6.07, 6.45) is 0.528. The van der Waals surface area contributed by atoms with Crippen molar-refractivity contribution in [2.24, 2.45) is 0 Å². The van der Waals surface area contributed by atoms with Crippen LogP contribution in [0.25, 0.3) is 0 Å². The number of ether oxygens (including phenoxy) is 1. The maximum absolute atomic E-state index is 12.0. The molecule has 1 aromatic heterocycles. The smallest absolute Gasteiger partial charge is 0.330 e. The van der Waals surface area contributed by atoms with Gasteiger partial charge in [0.15, 0.2) is 6.04 Å². The Kier molecular flexibility index (Phi) is 7.16. The maximum Gasteiger partial charge on any atom is 0.330 e. The fraction of sp³-hybridized carbons (Fsp3) is 0.278. The summed E-state index contributed by atoms with van der Waals surface area (Å²) in [5, 5.41) is 18.1. The molecule has 0 aliphatic heterocycles. The molecule has 0 fully saturated rings. The highest BCUT2D eigenvalue weighted by Crippen LogP contribution is 2.18. The van der Waals surface area contributed by atoms with Crippen LogP contribution in [-0.4, -0.2) is 36.5 Å². The molecule has 3 N–H and O–H groups in total. The van der Waals surface area contributed by atoms with Gasteiger partial charge in [-0.15, -0.1) is 0 Å². The number of carboxylic acids is 1. The SMILES string of the molecule is COc1ccc(C(NC(=O)CCCNC(=O)c2ccsc2)C(=O)O)cc1. The quantitative estimate of drug-likeness (QED) is 0.582. The topological polar surface area (TPSA) is 105 Å². The van der Waals surface area contributed by atoms with Gasteiger partial charge >= 0.3 is 5.97 Å². The molecule has 0 spiro atoms. The molecule has 1 heterocycles. The van der Waals surface area contributed by atoms with Crippen LogP contribution < -0.4 is 15.4 Å². The Morgan fingerprint density at radius 2 is 1.92 bits per heavy atom. The highest BCUT2D eigenvalue weighted by atomic mass is 32.1. The van der Waals surface area contributed by atoms with Crippen LogP contribution in [0.4, 0.5) is 0 Å². The zero-order valence-corrected chi connectivity index (χ0v) is 15.0. The van der Waals surface area contributed by atoms with E-state index in [2.05, 4.69) is 10.6 Å². The second-order valence-electron chi connectivity index (χ2n) is 5.48. The second kappa shape index (κ2) is 9.57. The zero-order valence-electron chi connectivity index (χ0n) is 14.2. The number of hydrogen-bond acceptors (Lipinski definition) is 5. The average molecular weight is 376 g/mol. The van der Waals surface area contributed by atoms with E-state index < -0.39 is 17.9 Å². The number of carbonyl (C=O) groups is 3. The molecule has 2 aromatic rings. The Bertz CT molecular complexity index is 743. The standard InChI is InChI=1S/C18H20N2O5S/c1-25-14-6-4-12(5-7-14)16(18(23)24)20-15(21)3-2-9-19-17(22)13-8-10-26-11-13/h4-8,10-11,16H,2-3,9H2,1H3,(H,19,22)(H,20,21)(H,23,24). The van der Waals surface area contributed by atoms with Crippen molar-refractivity contribution in [1.29, 1.82) is 0 Å². The predicted octanol–water partition coefficient (Wildman–Crippen LogP) is 2.21. The number of benzene rings is 1. The van der Waals surface area contributed by atoms with Gasteiger partial charge in [0.1, 0.15) is 5.75 Å². The van der Waals surface area contributed by atoms with Crippen molar-refractivity contribution in [2.45, 2.75) is 18.9 Å². The summed E-state index contributed by atoms with van der Waals surface area (Å²) in [7, 11) is 1.52. The number of rotatable bonds is 9. The van der Waals surface area contributed by atoms with Crippen LogP contribution in [-0.2, 0) is 9.59 Å². The number of amides is 2. The molecular formula is C18H20N2O5S. The summed E-state index contributed by atoms with van der Waals surface area (Å²) in [5.41, 5.74) is 1.04. The molecule has 138 valence electrons. The minimum Gasteiger partial charge on any atom is -0.497 e. The Morgan fingerprint density at radius 1 is 1.19 bits per heavy atom. The van der Waals surface area contributed by atoms with Gasteiger partial charge in [-0.05, 0) is 35.6 Å². The lowest BCUT2D eigenvalue weighted by Gasteiger charge is -2.15. The van der Waals surface area contributed by atoms with E-state index in [-0.39, 0.29) is 12.3 Å².